The number of aryl methyl sites for hydroxylation is 1. The Morgan fingerprint density at radius 2 is 1.85 bits per heavy atom. The first-order chi connectivity index (χ1) is 9.29. The predicted molar refractivity (Wildman–Crippen MR) is 72.4 cm³/mol. The Morgan fingerprint density at radius 1 is 1.30 bits per heavy atom. The van der Waals surface area contributed by atoms with Gasteiger partial charge in [0.2, 0.25) is 5.91 Å². The highest BCUT2D eigenvalue weighted by atomic mass is 19.4. The van der Waals surface area contributed by atoms with Crippen LogP contribution in [0.5, 0.6) is 0 Å². The number of hydrogen-bond acceptors (Lipinski definition) is 2. The molecule has 1 fully saturated rings. The number of carbonyl (C=O) groups excluding carboxylic acids is 1. The molecule has 0 saturated carbocycles. The average Bonchev–Trinajstić information content (AvgIpc) is 2.30. The van der Waals surface area contributed by atoms with Crippen LogP contribution in [0.1, 0.15) is 25.0 Å². The maximum atomic E-state index is 12.9. The molecule has 0 bridgehead atoms. The summed E-state index contributed by atoms with van der Waals surface area (Å²) in [7, 11) is 0. The van der Waals surface area contributed by atoms with Crippen LogP contribution in [0.3, 0.4) is 0 Å². The number of alkyl halides is 3. The molecule has 1 saturated heterocycles. The van der Waals surface area contributed by atoms with Crippen molar-refractivity contribution >= 4 is 11.6 Å². The number of nitrogens with zero attached hydrogens (tertiary/aromatic N) is 1. The number of halogens is 3. The molecule has 1 amide bonds. The summed E-state index contributed by atoms with van der Waals surface area (Å²) in [5, 5.41) is 0. The normalized spacial score (nSPS) is 15.2. The predicted octanol–water partition coefficient (Wildman–Crippen LogP) is 2.96. The van der Waals surface area contributed by atoms with Crippen LogP contribution in [-0.4, -0.2) is 19.0 Å². The van der Waals surface area contributed by atoms with E-state index >= 15 is 0 Å². The topological polar surface area (TPSA) is 46.3 Å². The summed E-state index contributed by atoms with van der Waals surface area (Å²) < 4.78 is 38.7. The fourth-order valence-corrected chi connectivity index (χ4v) is 2.01. The molecule has 0 aliphatic carbocycles. The fraction of sp³-hybridized carbons (Fsp3) is 0.500. The van der Waals surface area contributed by atoms with Gasteiger partial charge in [-0.25, -0.2) is 0 Å². The van der Waals surface area contributed by atoms with Crippen molar-refractivity contribution in [2.75, 3.05) is 18.0 Å². The van der Waals surface area contributed by atoms with Crippen LogP contribution in [0.15, 0.2) is 18.2 Å². The largest absolute Gasteiger partial charge is 0.418 e. The van der Waals surface area contributed by atoms with Crippen molar-refractivity contribution in [2.45, 2.75) is 26.9 Å². The van der Waals surface area contributed by atoms with Crippen molar-refractivity contribution in [3.05, 3.63) is 29.3 Å². The molecule has 0 spiro atoms. The van der Waals surface area contributed by atoms with Gasteiger partial charge in [0, 0.05) is 18.8 Å². The highest BCUT2D eigenvalue weighted by Gasteiger charge is 2.39. The Morgan fingerprint density at radius 3 is 2.30 bits per heavy atom. The third kappa shape index (κ3) is 3.43. The molecule has 112 valence electrons. The fourth-order valence-electron chi connectivity index (χ4n) is 2.01. The van der Waals surface area contributed by atoms with Gasteiger partial charge >= 0.3 is 6.18 Å². The van der Waals surface area contributed by atoms with E-state index in [4.69, 9.17) is 5.73 Å². The lowest BCUT2D eigenvalue weighted by molar-refractivity contribution is -0.137. The smallest absolute Gasteiger partial charge is 0.369 e. The van der Waals surface area contributed by atoms with E-state index in [9.17, 15) is 18.0 Å². The number of hydrogen-bond donors (Lipinski definition) is 1. The maximum Gasteiger partial charge on any atom is 0.418 e. The molecule has 1 aliphatic heterocycles. The van der Waals surface area contributed by atoms with E-state index in [1.807, 2.05) is 13.8 Å². The van der Waals surface area contributed by atoms with Gasteiger partial charge in [0.1, 0.15) is 0 Å². The van der Waals surface area contributed by atoms with Crippen LogP contribution >= 0.6 is 0 Å². The van der Waals surface area contributed by atoms with Crippen LogP contribution in [-0.2, 0) is 11.0 Å². The summed E-state index contributed by atoms with van der Waals surface area (Å²) >= 11 is 0. The van der Waals surface area contributed by atoms with E-state index in [0.717, 1.165) is 6.07 Å². The minimum atomic E-state index is -4.39. The second-order valence-electron chi connectivity index (χ2n) is 4.52. The Bertz CT molecular complexity index is 480. The lowest BCUT2D eigenvalue weighted by Crippen LogP contribution is -2.53. The van der Waals surface area contributed by atoms with E-state index < -0.39 is 17.6 Å². The van der Waals surface area contributed by atoms with Crippen molar-refractivity contribution in [3.63, 3.8) is 0 Å². The van der Waals surface area contributed by atoms with E-state index in [-0.39, 0.29) is 24.7 Å². The average molecular weight is 288 g/mol. The number of anilines is 1. The summed E-state index contributed by atoms with van der Waals surface area (Å²) in [6, 6.07) is 4.18. The zero-order valence-electron chi connectivity index (χ0n) is 11.8. The summed E-state index contributed by atoms with van der Waals surface area (Å²) in [4.78, 5) is 12.4. The van der Waals surface area contributed by atoms with Gasteiger partial charge in [-0.15, -0.1) is 0 Å². The minimum absolute atomic E-state index is 0.116. The quantitative estimate of drug-likeness (QED) is 0.909. The first-order valence-electron chi connectivity index (χ1n) is 6.51. The van der Waals surface area contributed by atoms with Crippen LogP contribution in [0.2, 0.25) is 0 Å². The van der Waals surface area contributed by atoms with Crippen LogP contribution in [0.25, 0.3) is 0 Å². The third-order valence-corrected chi connectivity index (χ3v) is 3.08. The molecule has 20 heavy (non-hydrogen) atoms. The SMILES string of the molecule is CC.Cc1ccc(N2CC(C(N)=O)C2)c(C(F)(F)F)c1. The lowest BCUT2D eigenvalue weighted by atomic mass is 9.96. The maximum absolute atomic E-state index is 12.9. The van der Waals surface area contributed by atoms with Gasteiger partial charge in [-0.05, 0) is 19.1 Å². The molecule has 6 heteroatoms. The van der Waals surface area contributed by atoms with E-state index in [0.29, 0.717) is 5.56 Å². The molecule has 1 aromatic carbocycles. The molecule has 0 aromatic heterocycles. The van der Waals surface area contributed by atoms with Gasteiger partial charge < -0.3 is 10.6 Å². The minimum Gasteiger partial charge on any atom is -0.369 e. The zero-order chi connectivity index (χ0) is 15.5. The Balaban J connectivity index is 0.000000956. The molecule has 1 aromatic rings. The van der Waals surface area contributed by atoms with Gasteiger partial charge in [-0.1, -0.05) is 25.5 Å². The Kier molecular flexibility index (Phi) is 5.03. The molecular weight excluding hydrogens is 269 g/mol. The number of benzene rings is 1. The van der Waals surface area contributed by atoms with Crippen molar-refractivity contribution in [1.29, 1.82) is 0 Å². The second kappa shape index (κ2) is 6.15. The first-order valence-corrected chi connectivity index (χ1v) is 6.51. The van der Waals surface area contributed by atoms with Gasteiger partial charge in [-0.3, -0.25) is 4.79 Å². The lowest BCUT2D eigenvalue weighted by Gasteiger charge is -2.40. The summed E-state index contributed by atoms with van der Waals surface area (Å²) in [5.41, 5.74) is 5.11. The van der Waals surface area contributed by atoms with Crippen molar-refractivity contribution in [2.24, 2.45) is 11.7 Å². The van der Waals surface area contributed by atoms with Crippen LogP contribution in [0, 0.1) is 12.8 Å². The summed E-state index contributed by atoms with van der Waals surface area (Å²) in [6.45, 7) is 6.12. The molecule has 1 aliphatic rings. The molecule has 2 N–H and O–H groups in total. The summed E-state index contributed by atoms with van der Waals surface area (Å²) in [6.07, 6.45) is -4.39. The summed E-state index contributed by atoms with van der Waals surface area (Å²) in [5.74, 6) is -0.820. The van der Waals surface area contributed by atoms with Crippen molar-refractivity contribution in [1.82, 2.24) is 0 Å². The van der Waals surface area contributed by atoms with Gasteiger partial charge in [0.15, 0.2) is 0 Å². The van der Waals surface area contributed by atoms with Crippen LogP contribution in [0.4, 0.5) is 18.9 Å². The monoisotopic (exact) mass is 288 g/mol. The number of carbonyl (C=O) groups is 1. The van der Waals surface area contributed by atoms with Gasteiger partial charge in [0.05, 0.1) is 11.5 Å². The molecule has 2 rings (SSSR count). The first kappa shape index (κ1) is 16.3. The highest BCUT2D eigenvalue weighted by Crippen LogP contribution is 2.39. The Hall–Kier alpha value is -1.72. The molecule has 0 atom stereocenters. The molecule has 3 nitrogen and oxygen atoms in total. The third-order valence-electron chi connectivity index (χ3n) is 3.08. The van der Waals surface area contributed by atoms with E-state index in [2.05, 4.69) is 0 Å². The number of amides is 1. The molecular formula is C14H19F3N2O. The molecule has 1 heterocycles. The molecule has 0 radical (unpaired) electrons. The number of primary amides is 1. The van der Waals surface area contributed by atoms with E-state index in [1.165, 1.54) is 11.0 Å². The van der Waals surface area contributed by atoms with Crippen molar-refractivity contribution < 1.29 is 18.0 Å². The number of nitrogens with two attached hydrogens (primary N) is 1. The van der Waals surface area contributed by atoms with Gasteiger partial charge in [0.25, 0.3) is 0 Å². The highest BCUT2D eigenvalue weighted by molar-refractivity contribution is 5.80. The second-order valence-corrected chi connectivity index (χ2v) is 4.52. The Labute approximate surface area is 116 Å². The standard InChI is InChI=1S/C12H13F3N2O.C2H6/c1-7-2-3-10(9(4-7)12(13,14)15)17-5-8(6-17)11(16)18;1-2/h2-4,8H,5-6H2,1H3,(H2,16,18);1-2H3. The molecule has 0 unspecified atom stereocenters. The zero-order valence-corrected chi connectivity index (χ0v) is 11.8. The van der Waals surface area contributed by atoms with E-state index in [1.54, 1.807) is 13.0 Å². The number of rotatable bonds is 2. The van der Waals surface area contributed by atoms with Crippen LogP contribution < -0.4 is 10.6 Å². The van der Waals surface area contributed by atoms with Crippen molar-refractivity contribution in [3.8, 4) is 0 Å². The van der Waals surface area contributed by atoms with Gasteiger partial charge in [-0.2, -0.15) is 13.2 Å².